The van der Waals surface area contributed by atoms with Gasteiger partial charge in [-0.25, -0.2) is 9.37 Å². The van der Waals surface area contributed by atoms with E-state index in [-0.39, 0.29) is 10.6 Å². The van der Waals surface area contributed by atoms with Gasteiger partial charge in [0.15, 0.2) is 11.5 Å². The van der Waals surface area contributed by atoms with E-state index in [2.05, 4.69) is 4.98 Å². The van der Waals surface area contributed by atoms with Gasteiger partial charge in [-0.15, -0.1) is 0 Å². The second kappa shape index (κ2) is 6.77. The molecular formula is C15H5ClF4N4O5. The van der Waals surface area contributed by atoms with Gasteiger partial charge < -0.3 is 0 Å². The lowest BCUT2D eigenvalue weighted by Crippen LogP contribution is -2.28. The van der Waals surface area contributed by atoms with E-state index < -0.39 is 66.1 Å². The van der Waals surface area contributed by atoms with Crippen LogP contribution >= 0.6 is 11.6 Å². The maximum atomic E-state index is 14.3. The number of halogens is 5. The molecule has 14 heteroatoms. The third-order valence-electron chi connectivity index (χ3n) is 3.83. The maximum absolute atomic E-state index is 14.3. The van der Waals surface area contributed by atoms with Crippen molar-refractivity contribution in [2.45, 2.75) is 6.18 Å². The maximum Gasteiger partial charge on any atom is 0.431 e. The minimum atomic E-state index is -5.31. The van der Waals surface area contributed by atoms with Crippen LogP contribution < -0.4 is 5.56 Å². The van der Waals surface area contributed by atoms with Crippen molar-refractivity contribution in [2.24, 2.45) is 0 Å². The van der Waals surface area contributed by atoms with Crippen LogP contribution in [-0.4, -0.2) is 19.4 Å². The van der Waals surface area contributed by atoms with Gasteiger partial charge in [0.2, 0.25) is 0 Å². The average Bonchev–Trinajstić information content (AvgIpc) is 2.61. The molecular weight excluding hydrogens is 428 g/mol. The van der Waals surface area contributed by atoms with Crippen LogP contribution in [0.1, 0.15) is 5.69 Å². The van der Waals surface area contributed by atoms with Crippen molar-refractivity contribution in [1.29, 1.82) is 0 Å². The summed E-state index contributed by atoms with van der Waals surface area (Å²) in [6.07, 6.45) is -4.77. The Labute approximate surface area is 161 Å². The standard InChI is InChI=1S/C15H5ClF4N4O5/c16-11-6-4-10(15(18,19)20)22(13-7(17)2-1-3-8(13)23(26)27)14(25)12(6)21-5-9(11)24(28)29/h1-5H. The van der Waals surface area contributed by atoms with E-state index in [0.29, 0.717) is 18.3 Å². The summed E-state index contributed by atoms with van der Waals surface area (Å²) in [5, 5.41) is 20.6. The predicted octanol–water partition coefficient (Wildman–Crippen LogP) is 4.01. The fraction of sp³-hybridized carbons (Fsp3) is 0.0667. The average molecular weight is 433 g/mol. The van der Waals surface area contributed by atoms with E-state index in [9.17, 15) is 42.6 Å². The molecule has 150 valence electrons. The minimum Gasteiger partial charge on any atom is -0.266 e. The fourth-order valence-electron chi connectivity index (χ4n) is 2.64. The highest BCUT2D eigenvalue weighted by Gasteiger charge is 2.39. The first-order chi connectivity index (χ1) is 13.4. The Morgan fingerprint density at radius 1 is 1.10 bits per heavy atom. The van der Waals surface area contributed by atoms with Crippen LogP contribution in [0.3, 0.4) is 0 Å². The molecule has 0 amide bonds. The van der Waals surface area contributed by atoms with Crippen LogP contribution in [0, 0.1) is 26.0 Å². The van der Waals surface area contributed by atoms with E-state index >= 15 is 0 Å². The lowest BCUT2D eigenvalue weighted by atomic mass is 10.1. The van der Waals surface area contributed by atoms with E-state index in [1.54, 1.807) is 0 Å². The fourth-order valence-corrected chi connectivity index (χ4v) is 2.90. The lowest BCUT2D eigenvalue weighted by molar-refractivity contribution is -0.385. The van der Waals surface area contributed by atoms with Gasteiger partial charge in [-0.3, -0.25) is 29.6 Å². The summed E-state index contributed by atoms with van der Waals surface area (Å²) in [7, 11) is 0. The molecule has 2 heterocycles. The van der Waals surface area contributed by atoms with Crippen molar-refractivity contribution in [3.05, 3.63) is 77.6 Å². The number of hydrogen-bond donors (Lipinski definition) is 0. The first-order valence-electron chi connectivity index (χ1n) is 7.34. The predicted molar refractivity (Wildman–Crippen MR) is 90.6 cm³/mol. The molecule has 2 aromatic heterocycles. The van der Waals surface area contributed by atoms with Crippen molar-refractivity contribution in [1.82, 2.24) is 9.55 Å². The molecule has 0 aliphatic heterocycles. The number of para-hydroxylation sites is 1. The smallest absolute Gasteiger partial charge is 0.266 e. The number of benzene rings is 1. The quantitative estimate of drug-likeness (QED) is 0.350. The topological polar surface area (TPSA) is 121 Å². The summed E-state index contributed by atoms with van der Waals surface area (Å²) >= 11 is 5.76. The zero-order chi connectivity index (χ0) is 21.7. The van der Waals surface area contributed by atoms with Crippen LogP contribution in [0.2, 0.25) is 5.02 Å². The van der Waals surface area contributed by atoms with Gasteiger partial charge in [-0.1, -0.05) is 17.7 Å². The Kier molecular flexibility index (Phi) is 4.70. The van der Waals surface area contributed by atoms with Gasteiger partial charge in [0, 0.05) is 11.5 Å². The van der Waals surface area contributed by atoms with Crippen molar-refractivity contribution in [2.75, 3.05) is 0 Å². The van der Waals surface area contributed by atoms with Crippen molar-refractivity contribution < 1.29 is 27.4 Å². The Hall–Kier alpha value is -3.61. The van der Waals surface area contributed by atoms with E-state index in [0.717, 1.165) is 6.07 Å². The number of pyridine rings is 2. The monoisotopic (exact) mass is 432 g/mol. The molecule has 0 saturated carbocycles. The van der Waals surface area contributed by atoms with Crippen LogP contribution in [0.5, 0.6) is 0 Å². The summed E-state index contributed by atoms with van der Waals surface area (Å²) in [6, 6.07) is 2.48. The molecule has 0 aliphatic carbocycles. The zero-order valence-corrected chi connectivity index (χ0v) is 14.4. The molecule has 3 aromatic rings. The molecule has 0 fully saturated rings. The van der Waals surface area contributed by atoms with Crippen LogP contribution in [0.15, 0.2) is 35.3 Å². The minimum absolute atomic E-state index is 0.245. The number of aromatic nitrogens is 2. The molecule has 0 bridgehead atoms. The summed E-state index contributed by atoms with van der Waals surface area (Å²) in [5.41, 5.74) is -7.42. The Bertz CT molecular complexity index is 1260. The summed E-state index contributed by atoms with van der Waals surface area (Å²) in [4.78, 5) is 36.1. The second-order valence-electron chi connectivity index (χ2n) is 5.51. The van der Waals surface area contributed by atoms with Crippen LogP contribution in [0.25, 0.3) is 16.6 Å². The van der Waals surface area contributed by atoms with E-state index in [4.69, 9.17) is 11.6 Å². The molecule has 0 saturated heterocycles. The molecule has 0 spiro atoms. The molecule has 0 N–H and O–H groups in total. The van der Waals surface area contributed by atoms with Gasteiger partial charge in [0.05, 0.1) is 9.85 Å². The number of nitro groups is 2. The Balaban J connectivity index is 2.58. The summed E-state index contributed by atoms with van der Waals surface area (Å²) < 4.78 is 55.0. The van der Waals surface area contributed by atoms with Gasteiger partial charge in [0.1, 0.15) is 22.4 Å². The normalized spacial score (nSPS) is 11.6. The van der Waals surface area contributed by atoms with E-state index in [1.807, 2.05) is 0 Å². The summed E-state index contributed by atoms with van der Waals surface area (Å²) in [6.45, 7) is 0. The molecule has 9 nitrogen and oxygen atoms in total. The number of fused-ring (bicyclic) bond motifs is 1. The highest BCUT2D eigenvalue weighted by Crippen LogP contribution is 2.37. The molecule has 3 rings (SSSR count). The second-order valence-corrected chi connectivity index (χ2v) is 5.89. The number of hydrogen-bond acceptors (Lipinski definition) is 6. The SMILES string of the molecule is O=c1c2ncc([N+](=O)[O-])c(Cl)c2cc(C(F)(F)F)n1-c1c(F)cccc1[N+](=O)[O-]. The number of rotatable bonds is 3. The van der Waals surface area contributed by atoms with Crippen molar-refractivity contribution in [3.8, 4) is 5.69 Å². The van der Waals surface area contributed by atoms with Crippen molar-refractivity contribution >= 4 is 33.9 Å². The van der Waals surface area contributed by atoms with Gasteiger partial charge >= 0.3 is 11.9 Å². The largest absolute Gasteiger partial charge is 0.431 e. The number of alkyl halides is 3. The number of nitrogens with zero attached hydrogens (tertiary/aromatic N) is 4. The third kappa shape index (κ3) is 3.24. The Morgan fingerprint density at radius 2 is 1.72 bits per heavy atom. The first-order valence-corrected chi connectivity index (χ1v) is 7.72. The van der Waals surface area contributed by atoms with Crippen LogP contribution in [-0.2, 0) is 6.18 Å². The lowest BCUT2D eigenvalue weighted by Gasteiger charge is -2.17. The summed E-state index contributed by atoms with van der Waals surface area (Å²) in [5.74, 6) is -1.47. The third-order valence-corrected chi connectivity index (χ3v) is 4.23. The highest BCUT2D eigenvalue weighted by molar-refractivity contribution is 6.37. The van der Waals surface area contributed by atoms with Gasteiger partial charge in [-0.05, 0) is 12.1 Å². The highest BCUT2D eigenvalue weighted by atomic mass is 35.5. The zero-order valence-electron chi connectivity index (χ0n) is 13.6. The van der Waals surface area contributed by atoms with Gasteiger partial charge in [0.25, 0.3) is 11.2 Å². The number of nitro benzene ring substituents is 1. The molecule has 0 radical (unpaired) electrons. The molecule has 0 unspecified atom stereocenters. The molecule has 0 atom stereocenters. The molecule has 29 heavy (non-hydrogen) atoms. The first kappa shape index (κ1) is 20.1. The van der Waals surface area contributed by atoms with Crippen molar-refractivity contribution in [3.63, 3.8) is 0 Å². The Morgan fingerprint density at radius 3 is 2.28 bits per heavy atom. The van der Waals surface area contributed by atoms with Crippen LogP contribution in [0.4, 0.5) is 28.9 Å². The molecule has 0 aliphatic rings. The van der Waals surface area contributed by atoms with E-state index in [1.165, 1.54) is 0 Å². The van der Waals surface area contributed by atoms with Gasteiger partial charge in [-0.2, -0.15) is 13.2 Å². The molecule has 1 aromatic carbocycles.